The molecule has 25 heavy (non-hydrogen) atoms. The van der Waals surface area contributed by atoms with Crippen LogP contribution in [-0.2, 0) is 14.3 Å². The minimum Gasteiger partial charge on any atom is -0.449 e. The summed E-state index contributed by atoms with van der Waals surface area (Å²) in [5.74, 6) is -1.93. The molecular weight excluding hydrogens is 368 g/mol. The molecule has 0 spiro atoms. The van der Waals surface area contributed by atoms with Crippen molar-refractivity contribution in [3.05, 3.63) is 70.0 Å². The number of carbonyl (C=O) groups excluding carboxylic acids is 2. The number of anilines is 1. The van der Waals surface area contributed by atoms with Gasteiger partial charge in [-0.2, -0.15) is 0 Å². The highest BCUT2D eigenvalue weighted by molar-refractivity contribution is 6.42. The smallest absolute Gasteiger partial charge is 0.331 e. The SMILES string of the molecule is C[C@H](OC(=O)/C=C/c1ccc(Cl)c(Cl)c1)C(=O)Nc1ccccc1F. The maximum absolute atomic E-state index is 13.5. The molecule has 0 saturated heterocycles. The average molecular weight is 382 g/mol. The van der Waals surface area contributed by atoms with Gasteiger partial charge in [-0.1, -0.05) is 41.4 Å². The van der Waals surface area contributed by atoms with Crippen LogP contribution < -0.4 is 5.32 Å². The van der Waals surface area contributed by atoms with Gasteiger partial charge in [-0.3, -0.25) is 4.79 Å². The third kappa shape index (κ3) is 5.59. The number of amides is 1. The van der Waals surface area contributed by atoms with Crippen molar-refractivity contribution in [1.29, 1.82) is 0 Å². The molecule has 0 unspecified atom stereocenters. The summed E-state index contributed by atoms with van der Waals surface area (Å²) in [6.07, 6.45) is 1.55. The first kappa shape index (κ1) is 19.0. The summed E-state index contributed by atoms with van der Waals surface area (Å²) in [6, 6.07) is 10.6. The van der Waals surface area contributed by atoms with E-state index in [4.69, 9.17) is 27.9 Å². The summed E-state index contributed by atoms with van der Waals surface area (Å²) in [5, 5.41) is 3.11. The Morgan fingerprint density at radius 3 is 2.56 bits per heavy atom. The Labute approximate surface area is 154 Å². The van der Waals surface area contributed by atoms with E-state index in [-0.39, 0.29) is 5.69 Å². The molecule has 0 bridgehead atoms. The van der Waals surface area contributed by atoms with E-state index < -0.39 is 23.8 Å². The summed E-state index contributed by atoms with van der Waals surface area (Å²) >= 11 is 11.7. The molecule has 0 aromatic heterocycles. The first-order chi connectivity index (χ1) is 11.9. The fourth-order valence-corrected chi connectivity index (χ4v) is 2.15. The van der Waals surface area contributed by atoms with Gasteiger partial charge in [-0.05, 0) is 42.8 Å². The van der Waals surface area contributed by atoms with Crippen LogP contribution in [-0.4, -0.2) is 18.0 Å². The van der Waals surface area contributed by atoms with Gasteiger partial charge >= 0.3 is 5.97 Å². The molecule has 130 valence electrons. The highest BCUT2D eigenvalue weighted by Crippen LogP contribution is 2.23. The van der Waals surface area contributed by atoms with Crippen LogP contribution in [0.15, 0.2) is 48.5 Å². The topological polar surface area (TPSA) is 55.4 Å². The zero-order valence-electron chi connectivity index (χ0n) is 13.1. The molecular formula is C18H14Cl2FNO3. The van der Waals surface area contributed by atoms with Gasteiger partial charge in [-0.25, -0.2) is 9.18 Å². The van der Waals surface area contributed by atoms with Crippen molar-refractivity contribution in [2.45, 2.75) is 13.0 Å². The number of nitrogens with one attached hydrogen (secondary N) is 1. The van der Waals surface area contributed by atoms with Crippen LogP contribution >= 0.6 is 23.2 Å². The Morgan fingerprint density at radius 1 is 1.16 bits per heavy atom. The van der Waals surface area contributed by atoms with Gasteiger partial charge < -0.3 is 10.1 Å². The number of para-hydroxylation sites is 1. The summed E-state index contributed by atoms with van der Waals surface area (Å²) in [4.78, 5) is 23.7. The second kappa shape index (κ2) is 8.65. The number of hydrogen-bond donors (Lipinski definition) is 1. The Kier molecular flexibility index (Phi) is 6.56. The van der Waals surface area contributed by atoms with E-state index in [9.17, 15) is 14.0 Å². The van der Waals surface area contributed by atoms with Crippen LogP contribution in [0, 0.1) is 5.82 Å². The highest BCUT2D eigenvalue weighted by Gasteiger charge is 2.17. The highest BCUT2D eigenvalue weighted by atomic mass is 35.5. The van der Waals surface area contributed by atoms with Gasteiger partial charge in [0.2, 0.25) is 0 Å². The van der Waals surface area contributed by atoms with E-state index in [0.717, 1.165) is 6.08 Å². The zero-order chi connectivity index (χ0) is 18.4. The zero-order valence-corrected chi connectivity index (χ0v) is 14.6. The fraction of sp³-hybridized carbons (Fsp3) is 0.111. The molecule has 2 aromatic carbocycles. The van der Waals surface area contributed by atoms with Crippen LogP contribution in [0.4, 0.5) is 10.1 Å². The second-order valence-electron chi connectivity index (χ2n) is 5.06. The van der Waals surface area contributed by atoms with Gasteiger partial charge in [0.05, 0.1) is 15.7 Å². The van der Waals surface area contributed by atoms with Crippen LogP contribution in [0.2, 0.25) is 10.0 Å². The molecule has 2 aromatic rings. The van der Waals surface area contributed by atoms with Crippen molar-refractivity contribution >= 4 is 46.8 Å². The molecule has 0 saturated carbocycles. The maximum Gasteiger partial charge on any atom is 0.331 e. The lowest BCUT2D eigenvalue weighted by molar-refractivity contribution is -0.148. The lowest BCUT2D eigenvalue weighted by Crippen LogP contribution is -2.29. The Balaban J connectivity index is 1.92. The van der Waals surface area contributed by atoms with Crippen molar-refractivity contribution < 1.29 is 18.7 Å². The van der Waals surface area contributed by atoms with E-state index >= 15 is 0 Å². The second-order valence-corrected chi connectivity index (χ2v) is 5.87. The Hall–Kier alpha value is -2.37. The molecule has 0 aliphatic carbocycles. The monoisotopic (exact) mass is 381 g/mol. The van der Waals surface area contributed by atoms with Gasteiger partial charge in [-0.15, -0.1) is 0 Å². The van der Waals surface area contributed by atoms with E-state index in [1.807, 2.05) is 0 Å². The number of hydrogen-bond acceptors (Lipinski definition) is 3. The lowest BCUT2D eigenvalue weighted by Gasteiger charge is -2.12. The third-order valence-electron chi connectivity index (χ3n) is 3.15. The molecule has 7 heteroatoms. The standard InChI is InChI=1S/C18H14Cl2FNO3/c1-11(18(24)22-16-5-3-2-4-15(16)21)25-17(23)9-7-12-6-8-13(19)14(20)10-12/h2-11H,1H3,(H,22,24)/b9-7+/t11-/m0/s1. The van der Waals surface area contributed by atoms with E-state index in [1.54, 1.807) is 24.3 Å². The summed E-state index contributed by atoms with van der Waals surface area (Å²) in [5.41, 5.74) is 0.663. The average Bonchev–Trinajstić information content (AvgIpc) is 2.58. The van der Waals surface area contributed by atoms with Crippen molar-refractivity contribution in [3.8, 4) is 0 Å². The molecule has 0 aliphatic rings. The van der Waals surface area contributed by atoms with E-state index in [0.29, 0.717) is 15.6 Å². The maximum atomic E-state index is 13.5. The van der Waals surface area contributed by atoms with E-state index in [2.05, 4.69) is 5.32 Å². The molecule has 2 rings (SSSR count). The largest absolute Gasteiger partial charge is 0.449 e. The minimum absolute atomic E-state index is 0.0155. The predicted molar refractivity (Wildman–Crippen MR) is 96.1 cm³/mol. The quantitative estimate of drug-likeness (QED) is 0.602. The van der Waals surface area contributed by atoms with Gasteiger partial charge in [0.15, 0.2) is 6.10 Å². The third-order valence-corrected chi connectivity index (χ3v) is 3.89. The summed E-state index contributed by atoms with van der Waals surface area (Å²) in [7, 11) is 0. The van der Waals surface area contributed by atoms with Crippen LogP contribution in [0.25, 0.3) is 6.08 Å². The van der Waals surface area contributed by atoms with E-state index in [1.165, 1.54) is 31.2 Å². The number of halogens is 3. The number of benzene rings is 2. The molecule has 1 N–H and O–H groups in total. The number of rotatable bonds is 5. The number of esters is 1. The molecule has 0 radical (unpaired) electrons. The molecule has 1 amide bonds. The van der Waals surface area contributed by atoms with Crippen molar-refractivity contribution in [3.63, 3.8) is 0 Å². The predicted octanol–water partition coefficient (Wildman–Crippen LogP) is 4.72. The first-order valence-corrected chi connectivity index (χ1v) is 8.01. The fourth-order valence-electron chi connectivity index (χ4n) is 1.84. The van der Waals surface area contributed by atoms with Crippen LogP contribution in [0.3, 0.4) is 0 Å². The van der Waals surface area contributed by atoms with Crippen molar-refractivity contribution in [2.24, 2.45) is 0 Å². The number of ether oxygens (including phenoxy) is 1. The van der Waals surface area contributed by atoms with Gasteiger partial charge in [0.25, 0.3) is 5.91 Å². The first-order valence-electron chi connectivity index (χ1n) is 7.26. The van der Waals surface area contributed by atoms with Gasteiger partial charge in [0, 0.05) is 6.08 Å². The summed E-state index contributed by atoms with van der Waals surface area (Å²) < 4.78 is 18.5. The minimum atomic E-state index is -1.09. The number of carbonyl (C=O) groups is 2. The van der Waals surface area contributed by atoms with Crippen LogP contribution in [0.5, 0.6) is 0 Å². The summed E-state index contributed by atoms with van der Waals surface area (Å²) in [6.45, 7) is 1.39. The van der Waals surface area contributed by atoms with Gasteiger partial charge in [0.1, 0.15) is 5.82 Å². The lowest BCUT2D eigenvalue weighted by atomic mass is 10.2. The van der Waals surface area contributed by atoms with Crippen molar-refractivity contribution in [2.75, 3.05) is 5.32 Å². The Bertz CT molecular complexity index is 824. The van der Waals surface area contributed by atoms with Crippen LogP contribution in [0.1, 0.15) is 12.5 Å². The molecule has 0 fully saturated rings. The molecule has 4 nitrogen and oxygen atoms in total. The van der Waals surface area contributed by atoms with Crippen molar-refractivity contribution in [1.82, 2.24) is 0 Å². The molecule has 0 heterocycles. The molecule has 1 atom stereocenters. The Morgan fingerprint density at radius 2 is 1.88 bits per heavy atom. The molecule has 0 aliphatic heterocycles. The normalized spacial score (nSPS) is 12.0.